The van der Waals surface area contributed by atoms with Gasteiger partial charge < -0.3 is 15.4 Å². The van der Waals surface area contributed by atoms with Gasteiger partial charge >= 0.3 is 5.97 Å². The third kappa shape index (κ3) is 6.71. The topological polar surface area (TPSA) is 97.4 Å². The van der Waals surface area contributed by atoms with Crippen molar-refractivity contribution in [2.75, 3.05) is 11.9 Å². The molecule has 0 radical (unpaired) electrons. The molecule has 7 nitrogen and oxygen atoms in total. The van der Waals surface area contributed by atoms with Crippen LogP contribution in [0.25, 0.3) is 0 Å². The van der Waals surface area contributed by atoms with E-state index < -0.39 is 24.5 Å². The Kier molecular flexibility index (Phi) is 8.62. The molecule has 9 heteroatoms. The van der Waals surface area contributed by atoms with Crippen LogP contribution in [0.15, 0.2) is 36.5 Å². The molecule has 2 amide bonds. The molecule has 160 valence electrons. The number of carbonyl (C=O) groups excluding carboxylic acids is 3. The SMILES string of the molecule is Cc1c(Cl)cnc(NC(=O)COC(=O)C(NC(=O)Cc2ccccc2)C(C)C)c1Cl. The number of nitrogens with one attached hydrogen (secondary N) is 2. The predicted molar refractivity (Wildman–Crippen MR) is 115 cm³/mol. The number of carbonyl (C=O) groups is 3. The van der Waals surface area contributed by atoms with Crippen LogP contribution in [0.3, 0.4) is 0 Å². The van der Waals surface area contributed by atoms with Crippen LogP contribution >= 0.6 is 23.2 Å². The van der Waals surface area contributed by atoms with Gasteiger partial charge in [0.2, 0.25) is 5.91 Å². The van der Waals surface area contributed by atoms with Crippen LogP contribution in [0.1, 0.15) is 25.0 Å². The molecule has 30 heavy (non-hydrogen) atoms. The fourth-order valence-electron chi connectivity index (χ4n) is 2.54. The number of anilines is 1. The summed E-state index contributed by atoms with van der Waals surface area (Å²) in [5.41, 5.74) is 1.40. The number of ether oxygens (including phenoxy) is 1. The van der Waals surface area contributed by atoms with E-state index in [0.717, 1.165) is 5.56 Å². The fraction of sp³-hybridized carbons (Fsp3) is 0.333. The second kappa shape index (κ2) is 10.9. The fourth-order valence-corrected chi connectivity index (χ4v) is 2.93. The first-order chi connectivity index (χ1) is 14.2. The number of rotatable bonds is 8. The molecule has 0 aliphatic carbocycles. The Bertz CT molecular complexity index is 920. The van der Waals surface area contributed by atoms with Gasteiger partial charge in [-0.15, -0.1) is 0 Å². The van der Waals surface area contributed by atoms with E-state index >= 15 is 0 Å². The van der Waals surface area contributed by atoms with Crippen molar-refractivity contribution in [1.29, 1.82) is 0 Å². The molecule has 0 spiro atoms. The molecule has 1 aromatic heterocycles. The van der Waals surface area contributed by atoms with E-state index in [1.807, 2.05) is 30.3 Å². The molecule has 2 aromatic rings. The molecular formula is C21H23Cl2N3O4. The van der Waals surface area contributed by atoms with Crippen molar-refractivity contribution >= 4 is 46.8 Å². The molecule has 0 saturated carbocycles. The molecule has 0 saturated heterocycles. The molecule has 1 heterocycles. The molecule has 1 atom stereocenters. The summed E-state index contributed by atoms with van der Waals surface area (Å²) >= 11 is 12.0. The zero-order chi connectivity index (χ0) is 22.3. The smallest absolute Gasteiger partial charge is 0.329 e. The lowest BCUT2D eigenvalue weighted by atomic mass is 10.0. The van der Waals surface area contributed by atoms with Crippen molar-refractivity contribution in [3.63, 3.8) is 0 Å². The Balaban J connectivity index is 1.91. The standard InChI is InChI=1S/C21H23Cl2N3O4/c1-12(2)19(25-16(27)9-14-7-5-4-6-8-14)21(29)30-11-17(28)26-20-18(23)13(3)15(22)10-24-20/h4-8,10,12,19H,9,11H2,1-3H3,(H,25,27)(H,24,26,28). The van der Waals surface area contributed by atoms with Gasteiger partial charge in [0.15, 0.2) is 12.4 Å². The lowest BCUT2D eigenvalue weighted by Gasteiger charge is -2.21. The van der Waals surface area contributed by atoms with Crippen LogP contribution < -0.4 is 10.6 Å². The Hall–Kier alpha value is -2.64. The Morgan fingerprint density at radius 2 is 1.77 bits per heavy atom. The second-order valence-corrected chi connectivity index (χ2v) is 7.79. The molecule has 1 unspecified atom stereocenters. The molecule has 0 aliphatic heterocycles. The van der Waals surface area contributed by atoms with Crippen molar-refractivity contribution in [2.45, 2.75) is 33.2 Å². The minimum atomic E-state index is -0.881. The van der Waals surface area contributed by atoms with Gasteiger partial charge in [-0.3, -0.25) is 9.59 Å². The number of esters is 1. The average molecular weight is 452 g/mol. The zero-order valence-electron chi connectivity index (χ0n) is 16.9. The molecule has 0 bridgehead atoms. The summed E-state index contributed by atoms with van der Waals surface area (Å²) in [7, 11) is 0. The van der Waals surface area contributed by atoms with Gasteiger partial charge in [-0.2, -0.15) is 0 Å². The van der Waals surface area contributed by atoms with Crippen LogP contribution in [0.5, 0.6) is 0 Å². The monoisotopic (exact) mass is 451 g/mol. The third-order valence-corrected chi connectivity index (χ3v) is 5.09. The van der Waals surface area contributed by atoms with Crippen molar-refractivity contribution in [3.8, 4) is 0 Å². The van der Waals surface area contributed by atoms with Gasteiger partial charge in [0, 0.05) is 6.20 Å². The molecular weight excluding hydrogens is 429 g/mol. The molecule has 2 N–H and O–H groups in total. The molecule has 1 aromatic carbocycles. The van der Waals surface area contributed by atoms with Gasteiger partial charge in [-0.05, 0) is 24.0 Å². The van der Waals surface area contributed by atoms with E-state index in [2.05, 4.69) is 15.6 Å². The van der Waals surface area contributed by atoms with Gasteiger partial charge in [-0.1, -0.05) is 67.4 Å². The largest absolute Gasteiger partial charge is 0.454 e. The van der Waals surface area contributed by atoms with E-state index in [-0.39, 0.29) is 29.1 Å². The summed E-state index contributed by atoms with van der Waals surface area (Å²) in [5.74, 6) is -1.73. The molecule has 2 rings (SSSR count). The number of aromatic nitrogens is 1. The summed E-state index contributed by atoms with van der Waals surface area (Å²) in [5, 5.41) is 5.71. The normalized spacial score (nSPS) is 11.7. The Morgan fingerprint density at radius 1 is 1.10 bits per heavy atom. The van der Waals surface area contributed by atoms with Crippen LogP contribution in [0.4, 0.5) is 5.82 Å². The Morgan fingerprint density at radius 3 is 2.40 bits per heavy atom. The lowest BCUT2D eigenvalue weighted by molar-refractivity contribution is -0.151. The van der Waals surface area contributed by atoms with Crippen molar-refractivity contribution in [2.24, 2.45) is 5.92 Å². The van der Waals surface area contributed by atoms with Gasteiger partial charge in [0.05, 0.1) is 16.5 Å². The van der Waals surface area contributed by atoms with Crippen molar-refractivity contribution in [3.05, 3.63) is 57.7 Å². The van der Waals surface area contributed by atoms with E-state index in [1.165, 1.54) is 6.20 Å². The second-order valence-electron chi connectivity index (χ2n) is 7.00. The highest BCUT2D eigenvalue weighted by Gasteiger charge is 2.26. The van der Waals surface area contributed by atoms with E-state index in [1.54, 1.807) is 20.8 Å². The van der Waals surface area contributed by atoms with Gasteiger partial charge in [-0.25, -0.2) is 9.78 Å². The zero-order valence-corrected chi connectivity index (χ0v) is 18.4. The highest BCUT2D eigenvalue weighted by molar-refractivity contribution is 6.37. The van der Waals surface area contributed by atoms with Crippen LogP contribution in [0.2, 0.25) is 10.0 Å². The Labute approximate surface area is 185 Å². The maximum atomic E-state index is 12.4. The van der Waals surface area contributed by atoms with E-state index in [9.17, 15) is 14.4 Å². The summed E-state index contributed by atoms with van der Waals surface area (Å²) in [6.45, 7) is 4.69. The number of pyridine rings is 1. The van der Waals surface area contributed by atoms with Gasteiger partial charge in [0.25, 0.3) is 5.91 Å². The first-order valence-corrected chi connectivity index (χ1v) is 10.0. The van der Waals surface area contributed by atoms with Crippen LogP contribution in [-0.4, -0.2) is 35.4 Å². The summed E-state index contributed by atoms with van der Waals surface area (Å²) in [4.78, 5) is 40.8. The van der Waals surface area contributed by atoms with E-state index in [4.69, 9.17) is 27.9 Å². The number of hydrogen-bond acceptors (Lipinski definition) is 5. The highest BCUT2D eigenvalue weighted by atomic mass is 35.5. The number of benzene rings is 1. The highest BCUT2D eigenvalue weighted by Crippen LogP contribution is 2.28. The average Bonchev–Trinajstić information content (AvgIpc) is 2.71. The molecule has 0 aliphatic rings. The minimum Gasteiger partial charge on any atom is -0.454 e. The number of halogens is 2. The van der Waals surface area contributed by atoms with Gasteiger partial charge in [0.1, 0.15) is 6.04 Å². The number of nitrogens with zero attached hydrogens (tertiary/aromatic N) is 1. The summed E-state index contributed by atoms with van der Waals surface area (Å²) in [6, 6.07) is 8.29. The minimum absolute atomic E-state index is 0.121. The molecule has 0 fully saturated rings. The first kappa shape index (κ1) is 23.6. The number of hydrogen-bond donors (Lipinski definition) is 2. The lowest BCUT2D eigenvalue weighted by Crippen LogP contribution is -2.46. The third-order valence-electron chi connectivity index (χ3n) is 4.25. The van der Waals surface area contributed by atoms with E-state index in [0.29, 0.717) is 10.6 Å². The van der Waals surface area contributed by atoms with Crippen molar-refractivity contribution in [1.82, 2.24) is 10.3 Å². The van der Waals surface area contributed by atoms with Crippen LogP contribution in [-0.2, 0) is 25.5 Å². The number of amides is 2. The van der Waals surface area contributed by atoms with Crippen molar-refractivity contribution < 1.29 is 19.1 Å². The maximum Gasteiger partial charge on any atom is 0.329 e. The first-order valence-electron chi connectivity index (χ1n) is 9.29. The summed E-state index contributed by atoms with van der Waals surface area (Å²) in [6.07, 6.45) is 1.50. The maximum absolute atomic E-state index is 12.4. The predicted octanol–water partition coefficient (Wildman–Crippen LogP) is 3.56. The quantitative estimate of drug-likeness (QED) is 0.597. The summed E-state index contributed by atoms with van der Waals surface area (Å²) < 4.78 is 5.08. The van der Waals surface area contributed by atoms with Crippen LogP contribution in [0, 0.1) is 12.8 Å².